The number of nitrogens with zero attached hydrogens (tertiary/aromatic N) is 1. The van der Waals surface area contributed by atoms with Crippen LogP contribution in [0, 0.1) is 5.82 Å². The van der Waals surface area contributed by atoms with Crippen LogP contribution in [0.3, 0.4) is 0 Å². The number of carbonyl (C=O) groups is 1. The average molecular weight is 267 g/mol. The van der Waals surface area contributed by atoms with Crippen molar-refractivity contribution in [2.24, 2.45) is 0 Å². The number of carbonyl (C=O) groups excluding carboxylic acids is 1. The Morgan fingerprint density at radius 1 is 1.28 bits per heavy atom. The molecule has 0 bridgehead atoms. The van der Waals surface area contributed by atoms with Gasteiger partial charge in [0.15, 0.2) is 0 Å². The number of rotatable bonds is 1. The molecule has 18 heavy (non-hydrogen) atoms. The minimum absolute atomic E-state index is 0.00769. The first-order valence-corrected chi connectivity index (χ1v) is 7.15. The van der Waals surface area contributed by atoms with E-state index in [1.165, 1.54) is 12.1 Å². The molecule has 1 aromatic rings. The van der Waals surface area contributed by atoms with E-state index in [0.29, 0.717) is 5.56 Å². The van der Waals surface area contributed by atoms with Crippen LogP contribution in [0.15, 0.2) is 24.3 Å². The standard InChI is InChI=1S/C14H18FNOS/c1-14(2)7-8-16(9-10-18-14)13(17)11-3-5-12(15)6-4-11/h3-6H,7-10H2,1-2H3. The van der Waals surface area contributed by atoms with Gasteiger partial charge in [-0.3, -0.25) is 4.79 Å². The van der Waals surface area contributed by atoms with Gasteiger partial charge in [-0.1, -0.05) is 13.8 Å². The molecule has 0 saturated carbocycles. The molecular formula is C14H18FNOS. The van der Waals surface area contributed by atoms with Crippen molar-refractivity contribution >= 4 is 17.7 Å². The van der Waals surface area contributed by atoms with Gasteiger partial charge in [0, 0.05) is 29.2 Å². The second kappa shape index (κ2) is 5.31. The molecule has 1 heterocycles. The van der Waals surface area contributed by atoms with Gasteiger partial charge in [-0.15, -0.1) is 0 Å². The van der Waals surface area contributed by atoms with Crippen LogP contribution >= 0.6 is 11.8 Å². The van der Waals surface area contributed by atoms with Gasteiger partial charge < -0.3 is 4.90 Å². The van der Waals surface area contributed by atoms with Crippen LogP contribution in [0.4, 0.5) is 4.39 Å². The highest BCUT2D eigenvalue weighted by Gasteiger charge is 2.26. The van der Waals surface area contributed by atoms with Gasteiger partial charge in [0.2, 0.25) is 0 Å². The highest BCUT2D eigenvalue weighted by atomic mass is 32.2. The Bertz CT molecular complexity index is 430. The van der Waals surface area contributed by atoms with Crippen molar-refractivity contribution in [2.75, 3.05) is 18.8 Å². The Balaban J connectivity index is 2.07. The van der Waals surface area contributed by atoms with Crippen molar-refractivity contribution in [1.29, 1.82) is 0 Å². The van der Waals surface area contributed by atoms with Crippen molar-refractivity contribution in [2.45, 2.75) is 25.0 Å². The smallest absolute Gasteiger partial charge is 0.253 e. The maximum Gasteiger partial charge on any atom is 0.253 e. The summed E-state index contributed by atoms with van der Waals surface area (Å²) in [5, 5.41) is 0. The van der Waals surface area contributed by atoms with E-state index in [1.807, 2.05) is 16.7 Å². The molecule has 0 spiro atoms. The third-order valence-electron chi connectivity index (χ3n) is 3.22. The number of benzene rings is 1. The second-order valence-electron chi connectivity index (χ2n) is 5.16. The van der Waals surface area contributed by atoms with E-state index in [1.54, 1.807) is 12.1 Å². The molecule has 0 atom stereocenters. The zero-order valence-corrected chi connectivity index (χ0v) is 11.6. The molecule has 0 radical (unpaired) electrons. The Kier molecular flexibility index (Phi) is 3.95. The second-order valence-corrected chi connectivity index (χ2v) is 6.96. The summed E-state index contributed by atoms with van der Waals surface area (Å²) < 4.78 is 13.1. The van der Waals surface area contributed by atoms with Gasteiger partial charge in [-0.2, -0.15) is 11.8 Å². The number of halogens is 1. The molecule has 1 aromatic carbocycles. The number of hydrogen-bond donors (Lipinski definition) is 0. The molecule has 0 N–H and O–H groups in total. The topological polar surface area (TPSA) is 20.3 Å². The molecule has 0 aliphatic carbocycles. The van der Waals surface area contributed by atoms with Crippen LogP contribution in [-0.4, -0.2) is 34.4 Å². The number of hydrogen-bond acceptors (Lipinski definition) is 2. The van der Waals surface area contributed by atoms with Crippen LogP contribution in [0.25, 0.3) is 0 Å². The quantitative estimate of drug-likeness (QED) is 0.779. The molecule has 0 unspecified atom stereocenters. The maximum atomic E-state index is 12.8. The fourth-order valence-electron chi connectivity index (χ4n) is 2.00. The van der Waals surface area contributed by atoms with Crippen molar-refractivity contribution in [1.82, 2.24) is 4.90 Å². The van der Waals surface area contributed by atoms with Gasteiger partial charge in [0.05, 0.1) is 0 Å². The summed E-state index contributed by atoms with van der Waals surface area (Å²) in [6.07, 6.45) is 0.991. The predicted octanol–water partition coefficient (Wildman–Crippen LogP) is 3.18. The minimum Gasteiger partial charge on any atom is -0.338 e. The fraction of sp³-hybridized carbons (Fsp3) is 0.500. The van der Waals surface area contributed by atoms with Crippen LogP contribution in [0.5, 0.6) is 0 Å². The third-order valence-corrected chi connectivity index (χ3v) is 4.59. The summed E-state index contributed by atoms with van der Waals surface area (Å²) in [4.78, 5) is 14.1. The van der Waals surface area contributed by atoms with Crippen molar-refractivity contribution in [3.05, 3.63) is 35.6 Å². The van der Waals surface area contributed by atoms with E-state index in [-0.39, 0.29) is 16.5 Å². The number of thioether (sulfide) groups is 1. The Morgan fingerprint density at radius 2 is 1.94 bits per heavy atom. The Labute approximate surface area is 112 Å². The predicted molar refractivity (Wildman–Crippen MR) is 73.5 cm³/mol. The maximum absolute atomic E-state index is 12.8. The van der Waals surface area contributed by atoms with E-state index in [4.69, 9.17) is 0 Å². The highest BCUT2D eigenvalue weighted by molar-refractivity contribution is 8.00. The SMILES string of the molecule is CC1(C)CCN(C(=O)c2ccc(F)cc2)CCS1. The molecule has 4 heteroatoms. The molecule has 0 aromatic heterocycles. The fourth-order valence-corrected chi connectivity index (χ4v) is 3.10. The van der Waals surface area contributed by atoms with E-state index in [9.17, 15) is 9.18 Å². The lowest BCUT2D eigenvalue weighted by Crippen LogP contribution is -2.33. The zero-order valence-electron chi connectivity index (χ0n) is 10.8. The van der Waals surface area contributed by atoms with E-state index in [0.717, 1.165) is 25.3 Å². The molecule has 1 fully saturated rings. The van der Waals surface area contributed by atoms with Crippen LogP contribution in [0.1, 0.15) is 30.6 Å². The molecule has 1 aliphatic rings. The Hall–Kier alpha value is -1.03. The molecule has 2 nitrogen and oxygen atoms in total. The lowest BCUT2D eigenvalue weighted by molar-refractivity contribution is 0.0764. The molecule has 1 aliphatic heterocycles. The monoisotopic (exact) mass is 267 g/mol. The van der Waals surface area contributed by atoms with Crippen LogP contribution in [-0.2, 0) is 0 Å². The summed E-state index contributed by atoms with van der Waals surface area (Å²) in [6.45, 7) is 5.97. The van der Waals surface area contributed by atoms with Gasteiger partial charge in [-0.25, -0.2) is 4.39 Å². The first-order valence-electron chi connectivity index (χ1n) is 6.17. The lowest BCUT2D eigenvalue weighted by Gasteiger charge is -2.22. The van der Waals surface area contributed by atoms with E-state index < -0.39 is 0 Å². The molecule has 98 valence electrons. The summed E-state index contributed by atoms with van der Waals surface area (Å²) in [6, 6.07) is 5.79. The first-order chi connectivity index (χ1) is 8.48. The van der Waals surface area contributed by atoms with Crippen LogP contribution < -0.4 is 0 Å². The van der Waals surface area contributed by atoms with E-state index in [2.05, 4.69) is 13.8 Å². The summed E-state index contributed by atoms with van der Waals surface area (Å²) in [5.74, 6) is 0.660. The van der Waals surface area contributed by atoms with E-state index >= 15 is 0 Å². The van der Waals surface area contributed by atoms with Gasteiger partial charge >= 0.3 is 0 Å². The van der Waals surface area contributed by atoms with Crippen LogP contribution in [0.2, 0.25) is 0 Å². The molecule has 2 rings (SSSR count). The first kappa shape index (κ1) is 13.4. The molecule has 1 saturated heterocycles. The normalized spacial score (nSPS) is 19.4. The summed E-state index contributed by atoms with van der Waals surface area (Å²) in [7, 11) is 0. The minimum atomic E-state index is -0.306. The van der Waals surface area contributed by atoms with Crippen molar-refractivity contribution in [3.63, 3.8) is 0 Å². The summed E-state index contributed by atoms with van der Waals surface area (Å²) >= 11 is 1.91. The highest BCUT2D eigenvalue weighted by Crippen LogP contribution is 2.31. The Morgan fingerprint density at radius 3 is 2.61 bits per heavy atom. The summed E-state index contributed by atoms with van der Waals surface area (Å²) in [5.41, 5.74) is 0.570. The number of amides is 1. The largest absolute Gasteiger partial charge is 0.338 e. The third kappa shape index (κ3) is 3.25. The molecular weight excluding hydrogens is 249 g/mol. The van der Waals surface area contributed by atoms with Gasteiger partial charge in [0.25, 0.3) is 5.91 Å². The van der Waals surface area contributed by atoms with Crippen molar-refractivity contribution < 1.29 is 9.18 Å². The zero-order chi connectivity index (χ0) is 13.2. The molecule has 1 amide bonds. The lowest BCUT2D eigenvalue weighted by atomic mass is 10.1. The van der Waals surface area contributed by atoms with Gasteiger partial charge in [-0.05, 0) is 30.7 Å². The average Bonchev–Trinajstić information content (AvgIpc) is 2.50. The van der Waals surface area contributed by atoms with Crippen molar-refractivity contribution in [3.8, 4) is 0 Å². The van der Waals surface area contributed by atoms with Gasteiger partial charge in [0.1, 0.15) is 5.82 Å².